The minimum atomic E-state index is -0.0937. The summed E-state index contributed by atoms with van der Waals surface area (Å²) in [7, 11) is 1.50. The van der Waals surface area contributed by atoms with E-state index < -0.39 is 0 Å². The minimum absolute atomic E-state index is 0.0937. The lowest BCUT2D eigenvalue weighted by Crippen LogP contribution is -2.01. The number of nitriles is 1. The van der Waals surface area contributed by atoms with Crippen molar-refractivity contribution in [2.24, 2.45) is 0 Å². The van der Waals surface area contributed by atoms with Gasteiger partial charge in [0.15, 0.2) is 11.5 Å². The van der Waals surface area contributed by atoms with E-state index in [0.717, 1.165) is 5.56 Å². The number of nitrogens with zero attached hydrogens (tertiary/aromatic N) is 3. The molecule has 0 spiro atoms. The summed E-state index contributed by atoms with van der Waals surface area (Å²) in [5.41, 5.74) is 2.46. The van der Waals surface area contributed by atoms with Crippen LogP contribution in [0.1, 0.15) is 22.4 Å². The number of benzene rings is 1. The summed E-state index contributed by atoms with van der Waals surface area (Å²) in [4.78, 5) is 0. The van der Waals surface area contributed by atoms with Gasteiger partial charge < -0.3 is 14.6 Å². The number of aryl methyl sites for hydroxylation is 1. The van der Waals surface area contributed by atoms with Crippen LogP contribution in [0.4, 0.5) is 0 Å². The van der Waals surface area contributed by atoms with Crippen molar-refractivity contribution in [2.75, 3.05) is 7.11 Å². The molecular formula is C15H15N3O3. The summed E-state index contributed by atoms with van der Waals surface area (Å²) < 4.78 is 10.9. The summed E-state index contributed by atoms with van der Waals surface area (Å²) >= 11 is 0. The second-order valence-electron chi connectivity index (χ2n) is 4.45. The highest BCUT2D eigenvalue weighted by atomic mass is 16.5. The summed E-state index contributed by atoms with van der Waals surface area (Å²) in [5, 5.41) is 26.3. The summed E-state index contributed by atoms with van der Waals surface area (Å²) in [5.74, 6) is 0.991. The summed E-state index contributed by atoms with van der Waals surface area (Å²) in [6.07, 6.45) is 0. The van der Waals surface area contributed by atoms with Gasteiger partial charge in [0.05, 0.1) is 19.4 Å². The second kappa shape index (κ2) is 6.20. The van der Waals surface area contributed by atoms with Gasteiger partial charge in [-0.15, -0.1) is 5.10 Å². The predicted octanol–water partition coefficient (Wildman–Crippen LogP) is 2.26. The Hall–Kier alpha value is -2.65. The van der Waals surface area contributed by atoms with E-state index in [1.54, 1.807) is 32.0 Å². The molecule has 0 saturated carbocycles. The lowest BCUT2D eigenvalue weighted by molar-refractivity contribution is 0.280. The number of methoxy groups -OCH3 is 1. The van der Waals surface area contributed by atoms with Crippen LogP contribution in [0.15, 0.2) is 18.2 Å². The van der Waals surface area contributed by atoms with Gasteiger partial charge in [0.2, 0.25) is 0 Å². The second-order valence-corrected chi connectivity index (χ2v) is 4.45. The zero-order chi connectivity index (χ0) is 15.4. The van der Waals surface area contributed by atoms with Crippen LogP contribution in [0, 0.1) is 25.2 Å². The van der Waals surface area contributed by atoms with Crippen molar-refractivity contribution in [3.63, 3.8) is 0 Å². The molecule has 0 aliphatic heterocycles. The molecule has 0 unspecified atom stereocenters. The van der Waals surface area contributed by atoms with Crippen LogP contribution in [0.25, 0.3) is 0 Å². The zero-order valence-electron chi connectivity index (χ0n) is 12.0. The normalized spacial score (nSPS) is 10.0. The van der Waals surface area contributed by atoms with Crippen LogP contribution in [0.5, 0.6) is 17.4 Å². The maximum atomic E-state index is 9.25. The van der Waals surface area contributed by atoms with E-state index in [0.29, 0.717) is 28.3 Å². The Labute approximate surface area is 122 Å². The average molecular weight is 285 g/mol. The molecule has 108 valence electrons. The van der Waals surface area contributed by atoms with Gasteiger partial charge in [-0.3, -0.25) is 0 Å². The van der Waals surface area contributed by atoms with Gasteiger partial charge in [0.1, 0.15) is 11.6 Å². The van der Waals surface area contributed by atoms with Gasteiger partial charge in [0, 0.05) is 0 Å². The Morgan fingerprint density at radius 1 is 1.24 bits per heavy atom. The lowest BCUT2D eigenvalue weighted by atomic mass is 10.1. The first-order valence-corrected chi connectivity index (χ1v) is 6.30. The van der Waals surface area contributed by atoms with Gasteiger partial charge in [-0.1, -0.05) is 6.07 Å². The Balaban J connectivity index is 2.44. The molecule has 0 fully saturated rings. The van der Waals surface area contributed by atoms with Gasteiger partial charge >= 0.3 is 0 Å². The van der Waals surface area contributed by atoms with E-state index in [-0.39, 0.29) is 12.5 Å². The van der Waals surface area contributed by atoms with E-state index in [1.165, 1.54) is 7.11 Å². The van der Waals surface area contributed by atoms with Gasteiger partial charge in [-0.2, -0.15) is 10.4 Å². The quantitative estimate of drug-likeness (QED) is 0.927. The minimum Gasteiger partial charge on any atom is -0.493 e. The molecule has 1 aromatic carbocycles. The molecule has 0 atom stereocenters. The van der Waals surface area contributed by atoms with Crippen molar-refractivity contribution in [1.29, 1.82) is 5.26 Å². The Morgan fingerprint density at radius 2 is 2.00 bits per heavy atom. The number of aliphatic hydroxyl groups excluding tert-OH is 1. The maximum Gasteiger partial charge on any atom is 0.257 e. The van der Waals surface area contributed by atoms with Crippen molar-refractivity contribution >= 4 is 0 Å². The third-order valence-corrected chi connectivity index (χ3v) is 3.15. The number of rotatable bonds is 4. The number of hydrogen-bond acceptors (Lipinski definition) is 6. The van der Waals surface area contributed by atoms with Gasteiger partial charge in [-0.05, 0) is 37.1 Å². The molecule has 0 aliphatic carbocycles. The van der Waals surface area contributed by atoms with Crippen molar-refractivity contribution in [1.82, 2.24) is 10.2 Å². The molecule has 2 aromatic rings. The van der Waals surface area contributed by atoms with Crippen LogP contribution in [-0.2, 0) is 6.61 Å². The fraction of sp³-hybridized carbons (Fsp3) is 0.267. The summed E-state index contributed by atoms with van der Waals surface area (Å²) in [6, 6.07) is 7.10. The SMILES string of the molecule is COc1cc(CO)ccc1Oc1nnc(C)c(C)c1C#N. The molecule has 0 radical (unpaired) electrons. The molecule has 0 amide bonds. The molecule has 0 saturated heterocycles. The lowest BCUT2D eigenvalue weighted by Gasteiger charge is -2.12. The van der Waals surface area contributed by atoms with Crippen molar-refractivity contribution in [2.45, 2.75) is 20.5 Å². The number of ether oxygens (including phenoxy) is 2. The molecule has 1 heterocycles. The largest absolute Gasteiger partial charge is 0.493 e. The Bertz CT molecular complexity index is 708. The highest BCUT2D eigenvalue weighted by Crippen LogP contribution is 2.33. The topological polar surface area (TPSA) is 88.3 Å². The fourth-order valence-electron chi connectivity index (χ4n) is 1.79. The average Bonchev–Trinajstić information content (AvgIpc) is 2.51. The van der Waals surface area contributed by atoms with Crippen molar-refractivity contribution < 1.29 is 14.6 Å². The molecule has 1 N–H and O–H groups in total. The van der Waals surface area contributed by atoms with E-state index in [1.807, 2.05) is 0 Å². The maximum absolute atomic E-state index is 9.25. The van der Waals surface area contributed by atoms with Gasteiger partial charge in [-0.25, -0.2) is 0 Å². The molecule has 1 aromatic heterocycles. The monoisotopic (exact) mass is 285 g/mol. The molecule has 0 bridgehead atoms. The fourth-order valence-corrected chi connectivity index (χ4v) is 1.79. The van der Waals surface area contributed by atoms with E-state index >= 15 is 0 Å². The molecule has 6 nitrogen and oxygen atoms in total. The Morgan fingerprint density at radius 3 is 2.62 bits per heavy atom. The van der Waals surface area contributed by atoms with Crippen LogP contribution in [0.2, 0.25) is 0 Å². The smallest absolute Gasteiger partial charge is 0.257 e. The molecular weight excluding hydrogens is 270 g/mol. The number of aromatic nitrogens is 2. The molecule has 0 aliphatic rings. The van der Waals surface area contributed by atoms with Crippen LogP contribution in [0.3, 0.4) is 0 Å². The first-order chi connectivity index (χ1) is 10.1. The van der Waals surface area contributed by atoms with Crippen LogP contribution >= 0.6 is 0 Å². The summed E-state index contributed by atoms with van der Waals surface area (Å²) in [6.45, 7) is 3.48. The third kappa shape index (κ3) is 2.93. The first-order valence-electron chi connectivity index (χ1n) is 6.30. The van der Waals surface area contributed by atoms with Crippen molar-refractivity contribution in [3.05, 3.63) is 40.6 Å². The van der Waals surface area contributed by atoms with E-state index in [4.69, 9.17) is 14.6 Å². The first kappa shape index (κ1) is 14.8. The molecule has 21 heavy (non-hydrogen) atoms. The van der Waals surface area contributed by atoms with Crippen LogP contribution < -0.4 is 9.47 Å². The number of aliphatic hydroxyl groups is 1. The highest BCUT2D eigenvalue weighted by Gasteiger charge is 2.15. The standard InChI is InChI=1S/C15H15N3O3/c1-9-10(2)17-18-15(12(9)7-16)21-13-5-4-11(8-19)6-14(13)20-3/h4-6,19H,8H2,1-3H3. The van der Waals surface area contributed by atoms with Crippen LogP contribution in [-0.4, -0.2) is 22.4 Å². The molecule has 2 rings (SSSR count). The zero-order valence-corrected chi connectivity index (χ0v) is 12.0. The molecule has 6 heteroatoms. The highest BCUT2D eigenvalue weighted by molar-refractivity contribution is 5.49. The Kier molecular flexibility index (Phi) is 4.36. The predicted molar refractivity (Wildman–Crippen MR) is 75.2 cm³/mol. The van der Waals surface area contributed by atoms with E-state index in [2.05, 4.69) is 16.3 Å². The van der Waals surface area contributed by atoms with Gasteiger partial charge in [0.25, 0.3) is 5.88 Å². The third-order valence-electron chi connectivity index (χ3n) is 3.15. The van der Waals surface area contributed by atoms with E-state index in [9.17, 15) is 5.26 Å². The number of hydrogen-bond donors (Lipinski definition) is 1. The van der Waals surface area contributed by atoms with Crippen molar-refractivity contribution in [3.8, 4) is 23.4 Å².